The molecule has 1 saturated carbocycles. The summed E-state index contributed by atoms with van der Waals surface area (Å²) in [4.78, 5) is 26.6. The van der Waals surface area contributed by atoms with Crippen molar-refractivity contribution in [3.8, 4) is 22.5 Å². The van der Waals surface area contributed by atoms with Crippen LogP contribution < -0.4 is 5.32 Å². The fourth-order valence-electron chi connectivity index (χ4n) is 4.33. The number of alkyl halides is 3. The summed E-state index contributed by atoms with van der Waals surface area (Å²) in [6.45, 7) is -0.0936. The van der Waals surface area contributed by atoms with Crippen LogP contribution in [0.5, 0.6) is 0 Å². The van der Waals surface area contributed by atoms with Crippen LogP contribution in [0.4, 0.5) is 13.2 Å². The van der Waals surface area contributed by atoms with Gasteiger partial charge in [-0.05, 0) is 48.2 Å². The van der Waals surface area contributed by atoms with Crippen LogP contribution >= 0.6 is 0 Å². The van der Waals surface area contributed by atoms with Crippen LogP contribution in [0.2, 0.25) is 0 Å². The Morgan fingerprint density at radius 2 is 1.46 bits per heavy atom. The minimum atomic E-state index is -4.37. The first kappa shape index (κ1) is 24.6. The molecule has 2 aromatic carbocycles. The van der Waals surface area contributed by atoms with E-state index in [4.69, 9.17) is 4.42 Å². The van der Waals surface area contributed by atoms with Gasteiger partial charge < -0.3 is 14.6 Å². The number of halogens is 3. The van der Waals surface area contributed by atoms with Gasteiger partial charge in [-0.2, -0.15) is 13.2 Å². The fraction of sp³-hybridized carbons (Fsp3) is 0.333. The Labute approximate surface area is 201 Å². The summed E-state index contributed by atoms with van der Waals surface area (Å²) in [7, 11) is 1.78. The van der Waals surface area contributed by atoms with Crippen molar-refractivity contribution in [1.29, 1.82) is 0 Å². The zero-order valence-corrected chi connectivity index (χ0v) is 19.4. The van der Waals surface area contributed by atoms with Crippen molar-refractivity contribution in [1.82, 2.24) is 10.2 Å². The lowest BCUT2D eigenvalue weighted by Gasteiger charge is -2.31. The van der Waals surface area contributed by atoms with Gasteiger partial charge >= 0.3 is 6.18 Å². The topological polar surface area (TPSA) is 62.6 Å². The second-order valence-corrected chi connectivity index (χ2v) is 8.80. The lowest BCUT2D eigenvalue weighted by Crippen LogP contribution is -2.44. The Hall–Kier alpha value is -3.55. The molecular formula is C27H27F3N2O3. The van der Waals surface area contributed by atoms with Gasteiger partial charge in [-0.25, -0.2) is 0 Å². The number of nitrogens with zero attached hydrogens (tertiary/aromatic N) is 1. The molecule has 184 valence electrons. The minimum absolute atomic E-state index is 0.0936. The van der Waals surface area contributed by atoms with Crippen molar-refractivity contribution in [2.75, 3.05) is 13.6 Å². The third-order valence-electron chi connectivity index (χ3n) is 6.46. The van der Waals surface area contributed by atoms with Gasteiger partial charge in [0.1, 0.15) is 5.76 Å². The van der Waals surface area contributed by atoms with Crippen LogP contribution in [0.3, 0.4) is 0 Å². The molecule has 4 rings (SSSR count). The Bertz CT molecular complexity index is 1160. The monoisotopic (exact) mass is 484 g/mol. The number of nitrogens with one attached hydrogen (secondary N) is 1. The van der Waals surface area contributed by atoms with Gasteiger partial charge in [0.05, 0.1) is 12.1 Å². The summed E-state index contributed by atoms with van der Waals surface area (Å²) in [5.74, 6) is -0.0291. The third-order valence-corrected chi connectivity index (χ3v) is 6.46. The van der Waals surface area contributed by atoms with E-state index >= 15 is 0 Å². The predicted octanol–water partition coefficient (Wildman–Crippen LogP) is 6.15. The van der Waals surface area contributed by atoms with Crippen molar-refractivity contribution in [2.45, 2.75) is 44.3 Å². The molecule has 1 aliphatic carbocycles. The summed E-state index contributed by atoms with van der Waals surface area (Å²) >= 11 is 0. The summed E-state index contributed by atoms with van der Waals surface area (Å²) < 4.78 is 44.0. The summed E-state index contributed by atoms with van der Waals surface area (Å²) in [6.07, 6.45) is 1.06. The molecular weight excluding hydrogens is 457 g/mol. The van der Waals surface area contributed by atoms with Gasteiger partial charge in [0.25, 0.3) is 5.91 Å². The van der Waals surface area contributed by atoms with Crippen LogP contribution in [-0.2, 0) is 11.0 Å². The quantitative estimate of drug-likeness (QED) is 0.456. The molecule has 1 fully saturated rings. The molecule has 2 amide bonds. The standard InChI is InChI=1S/C27H27F3N2O3/c1-32(22-5-3-2-4-6-22)25(33)17-31-26(34)24-16-15-23(35-24)20-9-7-18(8-10-20)19-11-13-21(14-12-19)27(28,29)30/h7-16,22H,2-6,17H2,1H3,(H,31,34). The number of carbonyl (C=O) groups excluding carboxylic acids is 2. The molecule has 5 nitrogen and oxygen atoms in total. The van der Waals surface area contributed by atoms with E-state index in [0.29, 0.717) is 16.9 Å². The highest BCUT2D eigenvalue weighted by Crippen LogP contribution is 2.32. The number of likely N-dealkylation sites (N-methyl/N-ethyl adjacent to an activating group) is 1. The van der Waals surface area contributed by atoms with E-state index in [0.717, 1.165) is 43.4 Å². The molecule has 0 spiro atoms. The number of furan rings is 1. The highest BCUT2D eigenvalue weighted by molar-refractivity contribution is 5.94. The molecule has 1 heterocycles. The van der Waals surface area contributed by atoms with Gasteiger partial charge in [-0.3, -0.25) is 9.59 Å². The molecule has 8 heteroatoms. The maximum atomic E-state index is 12.8. The van der Waals surface area contributed by atoms with Crippen molar-refractivity contribution in [3.63, 3.8) is 0 Å². The lowest BCUT2D eigenvalue weighted by atomic mass is 9.94. The molecule has 0 bridgehead atoms. The number of benzene rings is 2. The van der Waals surface area contributed by atoms with Gasteiger partial charge in [0.15, 0.2) is 5.76 Å². The normalized spacial score (nSPS) is 14.5. The number of hydrogen-bond donors (Lipinski definition) is 1. The molecule has 0 radical (unpaired) electrons. The van der Waals surface area contributed by atoms with Crippen LogP contribution in [0.1, 0.15) is 48.2 Å². The number of amides is 2. The first-order valence-electron chi connectivity index (χ1n) is 11.6. The molecule has 1 aromatic heterocycles. The number of carbonyl (C=O) groups is 2. The predicted molar refractivity (Wildman–Crippen MR) is 127 cm³/mol. The average Bonchev–Trinajstić information content (AvgIpc) is 3.37. The number of hydrogen-bond acceptors (Lipinski definition) is 3. The Morgan fingerprint density at radius 1 is 0.886 bits per heavy atom. The number of rotatable bonds is 6. The first-order valence-corrected chi connectivity index (χ1v) is 11.6. The van der Waals surface area contributed by atoms with Gasteiger partial charge in [-0.1, -0.05) is 55.7 Å². The van der Waals surface area contributed by atoms with E-state index in [9.17, 15) is 22.8 Å². The molecule has 0 saturated heterocycles. The maximum absolute atomic E-state index is 12.8. The van der Waals surface area contributed by atoms with Gasteiger partial charge in [0.2, 0.25) is 5.91 Å². The van der Waals surface area contributed by atoms with E-state index in [1.165, 1.54) is 18.6 Å². The maximum Gasteiger partial charge on any atom is 0.416 e. The molecule has 0 unspecified atom stereocenters. The van der Waals surface area contributed by atoms with Crippen molar-refractivity contribution < 1.29 is 27.2 Å². The minimum Gasteiger partial charge on any atom is -0.451 e. The van der Waals surface area contributed by atoms with Crippen LogP contribution in [-0.4, -0.2) is 36.3 Å². The summed E-state index contributed by atoms with van der Waals surface area (Å²) in [5.41, 5.74) is 1.44. The van der Waals surface area contributed by atoms with E-state index in [1.54, 1.807) is 48.3 Å². The van der Waals surface area contributed by atoms with Gasteiger partial charge in [0, 0.05) is 18.7 Å². The van der Waals surface area contributed by atoms with Crippen LogP contribution in [0.25, 0.3) is 22.5 Å². The summed E-state index contributed by atoms with van der Waals surface area (Å²) in [5, 5.41) is 2.63. The molecule has 0 aliphatic heterocycles. The third kappa shape index (κ3) is 5.93. The molecule has 1 aliphatic rings. The van der Waals surface area contributed by atoms with E-state index in [2.05, 4.69) is 5.32 Å². The van der Waals surface area contributed by atoms with E-state index in [1.807, 2.05) is 0 Å². The van der Waals surface area contributed by atoms with Crippen molar-refractivity contribution >= 4 is 11.8 Å². The zero-order chi connectivity index (χ0) is 25.0. The summed E-state index contributed by atoms with van der Waals surface area (Å²) in [6, 6.07) is 15.5. The molecule has 0 atom stereocenters. The fourth-order valence-corrected chi connectivity index (χ4v) is 4.33. The first-order chi connectivity index (χ1) is 16.7. The van der Waals surface area contributed by atoms with E-state index < -0.39 is 17.6 Å². The van der Waals surface area contributed by atoms with Gasteiger partial charge in [-0.15, -0.1) is 0 Å². The Balaban J connectivity index is 1.35. The lowest BCUT2D eigenvalue weighted by molar-refractivity contribution is -0.137. The van der Waals surface area contributed by atoms with E-state index in [-0.39, 0.29) is 24.3 Å². The second-order valence-electron chi connectivity index (χ2n) is 8.80. The van der Waals surface area contributed by atoms with Crippen LogP contribution in [0.15, 0.2) is 65.1 Å². The highest BCUT2D eigenvalue weighted by Gasteiger charge is 2.30. The molecule has 3 aromatic rings. The second kappa shape index (κ2) is 10.4. The SMILES string of the molecule is CN(C(=O)CNC(=O)c1ccc(-c2ccc(-c3ccc(C(F)(F)F)cc3)cc2)o1)C1CCCCC1. The van der Waals surface area contributed by atoms with Crippen LogP contribution in [0, 0.1) is 0 Å². The highest BCUT2D eigenvalue weighted by atomic mass is 19.4. The van der Waals surface area contributed by atoms with Crippen molar-refractivity contribution in [2.24, 2.45) is 0 Å². The zero-order valence-electron chi connectivity index (χ0n) is 19.4. The molecule has 1 N–H and O–H groups in total. The Morgan fingerprint density at radius 3 is 2.06 bits per heavy atom. The van der Waals surface area contributed by atoms with Crippen molar-refractivity contribution in [3.05, 3.63) is 72.0 Å². The largest absolute Gasteiger partial charge is 0.451 e. The Kier molecular flexibility index (Phi) is 7.28. The smallest absolute Gasteiger partial charge is 0.416 e. The molecule has 35 heavy (non-hydrogen) atoms. The average molecular weight is 485 g/mol.